The molecule has 0 spiro atoms. The summed E-state index contributed by atoms with van der Waals surface area (Å²) < 4.78 is 0. The molecule has 0 amide bonds. The summed E-state index contributed by atoms with van der Waals surface area (Å²) in [5.74, 6) is 0.0124. The summed E-state index contributed by atoms with van der Waals surface area (Å²) >= 11 is 0. The molecule has 0 unspecified atom stereocenters. The number of hydrogen-bond acceptors (Lipinski definition) is 1. The van der Waals surface area contributed by atoms with Gasteiger partial charge in [-0.3, -0.25) is 0 Å². The van der Waals surface area contributed by atoms with Crippen LogP contribution in [0.2, 0.25) is 0 Å². The zero-order valence-corrected chi connectivity index (χ0v) is 16.7. The van der Waals surface area contributed by atoms with Gasteiger partial charge in [-0.1, -0.05) is 86.6 Å². The lowest BCUT2D eigenvalue weighted by Crippen LogP contribution is -2.01. The van der Waals surface area contributed by atoms with Gasteiger partial charge in [0.2, 0.25) is 0 Å². The summed E-state index contributed by atoms with van der Waals surface area (Å²) in [6, 6.07) is 10.3. The molecule has 0 aliphatic heterocycles. The Morgan fingerprint density at radius 1 is 1.08 bits per heavy atom. The Morgan fingerprint density at radius 3 is 2.27 bits per heavy atom. The molecule has 2 atom stereocenters. The third-order valence-electron chi connectivity index (χ3n) is 4.28. The van der Waals surface area contributed by atoms with Crippen molar-refractivity contribution in [1.29, 1.82) is 0 Å². The minimum atomic E-state index is -0.853. The topological polar surface area (TPSA) is 37.3 Å². The van der Waals surface area contributed by atoms with Crippen LogP contribution in [0.5, 0.6) is 0 Å². The SMILES string of the molecule is CCC(=C/[C@H](C)C[C@@H](C)/C=C(C)/C=C/c1ccccc1)/C=C(\C)C(=O)O. The summed E-state index contributed by atoms with van der Waals surface area (Å²) in [5.41, 5.74) is 3.95. The van der Waals surface area contributed by atoms with E-state index in [9.17, 15) is 4.79 Å². The number of rotatable bonds is 9. The maximum absolute atomic E-state index is 11.0. The first-order chi connectivity index (χ1) is 12.3. The van der Waals surface area contributed by atoms with Crippen LogP contribution in [0.1, 0.15) is 53.0 Å². The van der Waals surface area contributed by atoms with Crippen LogP contribution in [0, 0.1) is 11.8 Å². The molecule has 0 aliphatic carbocycles. The lowest BCUT2D eigenvalue weighted by Gasteiger charge is -2.13. The molecule has 0 heterocycles. The van der Waals surface area contributed by atoms with Gasteiger partial charge in [-0.15, -0.1) is 0 Å². The molecule has 0 aliphatic rings. The molecular formula is C24H32O2. The third-order valence-corrected chi connectivity index (χ3v) is 4.28. The first-order valence-electron chi connectivity index (χ1n) is 9.35. The van der Waals surface area contributed by atoms with Crippen molar-refractivity contribution in [3.05, 3.63) is 76.9 Å². The molecule has 1 rings (SSSR count). The predicted molar refractivity (Wildman–Crippen MR) is 112 cm³/mol. The van der Waals surface area contributed by atoms with E-state index >= 15 is 0 Å². The molecule has 26 heavy (non-hydrogen) atoms. The van der Waals surface area contributed by atoms with Gasteiger partial charge in [-0.25, -0.2) is 4.79 Å². The second-order valence-electron chi connectivity index (χ2n) is 7.07. The second kappa shape index (κ2) is 11.3. The van der Waals surface area contributed by atoms with Crippen molar-refractivity contribution in [1.82, 2.24) is 0 Å². The quantitative estimate of drug-likeness (QED) is 0.398. The zero-order valence-electron chi connectivity index (χ0n) is 16.7. The van der Waals surface area contributed by atoms with Crippen LogP contribution in [0.25, 0.3) is 6.08 Å². The number of carboxylic acid groups (broad SMARTS) is 1. The van der Waals surface area contributed by atoms with E-state index in [-0.39, 0.29) is 0 Å². The van der Waals surface area contributed by atoms with Crippen molar-refractivity contribution in [3.8, 4) is 0 Å². The smallest absolute Gasteiger partial charge is 0.331 e. The summed E-state index contributed by atoms with van der Waals surface area (Å²) in [7, 11) is 0. The molecule has 0 radical (unpaired) electrons. The molecule has 0 saturated heterocycles. The molecule has 1 N–H and O–H groups in total. The number of carboxylic acids is 1. The van der Waals surface area contributed by atoms with Gasteiger partial charge in [0.1, 0.15) is 0 Å². The van der Waals surface area contributed by atoms with Gasteiger partial charge in [-0.05, 0) is 50.2 Å². The van der Waals surface area contributed by atoms with Crippen LogP contribution in [0.15, 0.2) is 71.4 Å². The van der Waals surface area contributed by atoms with E-state index < -0.39 is 5.97 Å². The Kier molecular flexibility index (Phi) is 9.43. The van der Waals surface area contributed by atoms with Crippen molar-refractivity contribution in [3.63, 3.8) is 0 Å². The summed E-state index contributed by atoms with van der Waals surface area (Å²) in [5, 5.41) is 9.03. The van der Waals surface area contributed by atoms with Crippen LogP contribution in [0.3, 0.4) is 0 Å². The third kappa shape index (κ3) is 8.66. The number of benzene rings is 1. The maximum Gasteiger partial charge on any atom is 0.331 e. The van der Waals surface area contributed by atoms with E-state index in [0.717, 1.165) is 18.4 Å². The van der Waals surface area contributed by atoms with E-state index in [1.165, 1.54) is 11.1 Å². The summed E-state index contributed by atoms with van der Waals surface area (Å²) in [4.78, 5) is 11.0. The normalized spacial score (nSPS) is 16.0. The van der Waals surface area contributed by atoms with Crippen LogP contribution >= 0.6 is 0 Å². The number of allylic oxidation sites excluding steroid dienone is 6. The molecular weight excluding hydrogens is 320 g/mol. The molecule has 2 heteroatoms. The molecule has 1 aromatic carbocycles. The van der Waals surface area contributed by atoms with Crippen molar-refractivity contribution < 1.29 is 9.90 Å². The van der Waals surface area contributed by atoms with E-state index in [4.69, 9.17) is 5.11 Å². The van der Waals surface area contributed by atoms with Crippen LogP contribution in [-0.2, 0) is 4.79 Å². The maximum atomic E-state index is 11.0. The first kappa shape index (κ1) is 21.7. The lowest BCUT2D eigenvalue weighted by atomic mass is 9.93. The van der Waals surface area contributed by atoms with Gasteiger partial charge in [0.15, 0.2) is 0 Å². The molecule has 140 valence electrons. The van der Waals surface area contributed by atoms with Gasteiger partial charge in [0, 0.05) is 5.57 Å². The van der Waals surface area contributed by atoms with Crippen molar-refractivity contribution in [2.24, 2.45) is 11.8 Å². The minimum Gasteiger partial charge on any atom is -0.478 e. The highest BCUT2D eigenvalue weighted by Gasteiger charge is 2.07. The largest absolute Gasteiger partial charge is 0.478 e. The van der Waals surface area contributed by atoms with Gasteiger partial charge in [0.05, 0.1) is 0 Å². The van der Waals surface area contributed by atoms with Crippen LogP contribution in [-0.4, -0.2) is 11.1 Å². The average Bonchev–Trinajstić information content (AvgIpc) is 2.59. The monoisotopic (exact) mass is 352 g/mol. The standard InChI is InChI=1S/C24H32O2/c1-6-22(17-21(5)24(25)26)16-20(4)15-19(3)14-18(2)12-13-23-10-8-7-9-11-23/h7-14,16-17,19-20H,6,15H2,1-5H3,(H,25,26)/b13-12+,18-14+,21-17+,22-16-/t19-,20+/m0/s1. The molecule has 1 aromatic rings. The van der Waals surface area contributed by atoms with E-state index in [1.54, 1.807) is 13.0 Å². The highest BCUT2D eigenvalue weighted by molar-refractivity contribution is 5.86. The summed E-state index contributed by atoms with van der Waals surface area (Å²) in [6.45, 7) is 10.3. The molecule has 0 fully saturated rings. The molecule has 0 bridgehead atoms. The highest BCUT2D eigenvalue weighted by atomic mass is 16.4. The Labute approximate surface area is 158 Å². The van der Waals surface area contributed by atoms with E-state index in [1.807, 2.05) is 18.2 Å². The second-order valence-corrected chi connectivity index (χ2v) is 7.07. The molecule has 2 nitrogen and oxygen atoms in total. The Bertz CT molecular complexity index is 690. The number of carbonyl (C=O) groups is 1. The molecule has 0 aromatic heterocycles. The van der Waals surface area contributed by atoms with Gasteiger partial charge < -0.3 is 5.11 Å². The first-order valence-corrected chi connectivity index (χ1v) is 9.35. The number of aliphatic carboxylic acids is 1. The van der Waals surface area contributed by atoms with Crippen molar-refractivity contribution >= 4 is 12.0 Å². The fourth-order valence-electron chi connectivity index (χ4n) is 2.99. The lowest BCUT2D eigenvalue weighted by molar-refractivity contribution is -0.132. The Hall–Kier alpha value is -2.35. The van der Waals surface area contributed by atoms with Gasteiger partial charge >= 0.3 is 5.97 Å². The predicted octanol–water partition coefficient (Wildman–Crippen LogP) is 6.68. The summed E-state index contributed by atoms with van der Waals surface area (Å²) in [6.07, 6.45) is 12.5. The Balaban J connectivity index is 2.68. The van der Waals surface area contributed by atoms with Gasteiger partial charge in [-0.2, -0.15) is 0 Å². The van der Waals surface area contributed by atoms with E-state index in [2.05, 4.69) is 64.1 Å². The van der Waals surface area contributed by atoms with Gasteiger partial charge in [0.25, 0.3) is 0 Å². The fourth-order valence-corrected chi connectivity index (χ4v) is 2.99. The van der Waals surface area contributed by atoms with Crippen molar-refractivity contribution in [2.45, 2.75) is 47.5 Å². The zero-order chi connectivity index (χ0) is 19.5. The van der Waals surface area contributed by atoms with Crippen LogP contribution in [0.4, 0.5) is 0 Å². The average molecular weight is 353 g/mol. The minimum absolute atomic E-state index is 0.389. The van der Waals surface area contributed by atoms with Crippen LogP contribution < -0.4 is 0 Å². The fraction of sp³-hybridized carbons (Fsp3) is 0.375. The molecule has 0 saturated carbocycles. The van der Waals surface area contributed by atoms with E-state index in [0.29, 0.717) is 17.4 Å². The highest BCUT2D eigenvalue weighted by Crippen LogP contribution is 2.20. The Morgan fingerprint density at radius 2 is 1.69 bits per heavy atom. The van der Waals surface area contributed by atoms with Crippen molar-refractivity contribution in [2.75, 3.05) is 0 Å². The number of hydrogen-bond donors (Lipinski definition) is 1.